The quantitative estimate of drug-likeness (QED) is 0.715. The highest BCUT2D eigenvalue weighted by atomic mass is 32.2. The summed E-state index contributed by atoms with van der Waals surface area (Å²) in [4.78, 5) is -0.0283. The molecule has 1 N–H and O–H groups in total. The molecule has 0 fully saturated rings. The molecular formula is C13H19N3O6S2. The van der Waals surface area contributed by atoms with Gasteiger partial charge in [0.15, 0.2) is 5.76 Å². The Morgan fingerprint density at radius 1 is 1.25 bits per heavy atom. The Labute approximate surface area is 140 Å². The molecule has 24 heavy (non-hydrogen) atoms. The Morgan fingerprint density at radius 3 is 2.46 bits per heavy atom. The van der Waals surface area contributed by atoms with Gasteiger partial charge in [-0.1, -0.05) is 5.16 Å². The Balaban J connectivity index is 2.05. The van der Waals surface area contributed by atoms with Gasteiger partial charge in [-0.15, -0.1) is 0 Å². The summed E-state index contributed by atoms with van der Waals surface area (Å²) in [6.07, 6.45) is 2.49. The average Bonchev–Trinajstić information content (AvgIpc) is 3.06. The van der Waals surface area contributed by atoms with Crippen LogP contribution in [0, 0.1) is 13.8 Å². The van der Waals surface area contributed by atoms with Crippen molar-refractivity contribution in [2.75, 3.05) is 19.3 Å². The first-order valence-corrected chi connectivity index (χ1v) is 10.3. The van der Waals surface area contributed by atoms with Crippen LogP contribution in [0.3, 0.4) is 0 Å². The van der Waals surface area contributed by atoms with Crippen LogP contribution >= 0.6 is 0 Å². The highest BCUT2D eigenvalue weighted by Gasteiger charge is 2.25. The topological polar surface area (TPSA) is 123 Å². The van der Waals surface area contributed by atoms with Gasteiger partial charge in [0.25, 0.3) is 0 Å². The van der Waals surface area contributed by atoms with Gasteiger partial charge in [-0.05, 0) is 26.0 Å². The van der Waals surface area contributed by atoms with Gasteiger partial charge >= 0.3 is 0 Å². The molecule has 0 aliphatic carbocycles. The van der Waals surface area contributed by atoms with Gasteiger partial charge in [-0.2, -0.15) is 4.31 Å². The fraction of sp³-hybridized carbons (Fsp3) is 0.462. The van der Waals surface area contributed by atoms with E-state index in [0.717, 1.165) is 10.6 Å². The van der Waals surface area contributed by atoms with Crippen molar-refractivity contribution in [3.8, 4) is 0 Å². The number of hydrogen-bond acceptors (Lipinski definition) is 7. The van der Waals surface area contributed by atoms with Crippen molar-refractivity contribution < 1.29 is 25.8 Å². The van der Waals surface area contributed by atoms with Crippen LogP contribution in [0.15, 0.2) is 32.2 Å². The van der Waals surface area contributed by atoms with E-state index in [1.807, 2.05) is 0 Å². The van der Waals surface area contributed by atoms with Crippen molar-refractivity contribution in [2.24, 2.45) is 0 Å². The van der Waals surface area contributed by atoms with Gasteiger partial charge in [-0.3, -0.25) is 0 Å². The fourth-order valence-corrected chi connectivity index (χ4v) is 4.30. The molecule has 9 nitrogen and oxygen atoms in total. The first kappa shape index (κ1) is 18.6. The lowest BCUT2D eigenvalue weighted by atomic mass is 10.4. The lowest BCUT2D eigenvalue weighted by molar-refractivity contribution is 0.368. The maximum absolute atomic E-state index is 12.3. The Bertz CT molecular complexity index is 865. The highest BCUT2D eigenvalue weighted by molar-refractivity contribution is 7.89. The predicted molar refractivity (Wildman–Crippen MR) is 85.1 cm³/mol. The molecular weight excluding hydrogens is 358 g/mol. The molecule has 0 aliphatic rings. The van der Waals surface area contributed by atoms with Crippen LogP contribution in [0.5, 0.6) is 0 Å². The molecule has 0 aromatic carbocycles. The van der Waals surface area contributed by atoms with E-state index in [4.69, 9.17) is 8.94 Å². The Kier molecular flexibility index (Phi) is 5.48. The molecule has 0 saturated carbocycles. The largest absolute Gasteiger partial charge is 0.468 e. The van der Waals surface area contributed by atoms with E-state index in [0.29, 0.717) is 5.76 Å². The molecule has 0 radical (unpaired) electrons. The summed E-state index contributed by atoms with van der Waals surface area (Å²) in [5, 5.41) is 3.60. The number of hydrogen-bond donors (Lipinski definition) is 1. The number of rotatable bonds is 8. The van der Waals surface area contributed by atoms with Crippen molar-refractivity contribution >= 4 is 20.0 Å². The summed E-state index contributed by atoms with van der Waals surface area (Å²) in [7, 11) is -7.35. The van der Waals surface area contributed by atoms with Crippen molar-refractivity contribution in [2.45, 2.75) is 25.3 Å². The van der Waals surface area contributed by atoms with E-state index >= 15 is 0 Å². The second kappa shape index (κ2) is 7.05. The Morgan fingerprint density at radius 2 is 1.96 bits per heavy atom. The average molecular weight is 377 g/mol. The zero-order valence-electron chi connectivity index (χ0n) is 13.5. The van der Waals surface area contributed by atoms with Crippen LogP contribution in [-0.4, -0.2) is 45.6 Å². The van der Waals surface area contributed by atoms with Gasteiger partial charge in [0.1, 0.15) is 16.3 Å². The third kappa shape index (κ3) is 4.44. The van der Waals surface area contributed by atoms with Crippen LogP contribution in [0.2, 0.25) is 0 Å². The normalized spacial score (nSPS) is 12.8. The van der Waals surface area contributed by atoms with Gasteiger partial charge < -0.3 is 8.94 Å². The standard InChI is InChI=1S/C13H19N3O6S2/c1-10-13(11(2)22-15-10)24(19,20)14-6-7-16(23(3,17)18)9-12-5-4-8-21-12/h4-5,8,14H,6-7,9H2,1-3H3. The van der Waals surface area contributed by atoms with Gasteiger partial charge in [0.05, 0.1) is 19.1 Å². The minimum atomic E-state index is -3.83. The van der Waals surface area contributed by atoms with Crippen LogP contribution in [0.25, 0.3) is 0 Å². The SMILES string of the molecule is Cc1noc(C)c1S(=O)(=O)NCCN(Cc1ccco1)S(C)(=O)=O. The zero-order chi connectivity index (χ0) is 18.0. The molecule has 0 amide bonds. The lowest BCUT2D eigenvalue weighted by Crippen LogP contribution is -2.37. The number of nitrogens with one attached hydrogen (secondary N) is 1. The fourth-order valence-electron chi connectivity index (χ4n) is 2.17. The first-order chi connectivity index (χ1) is 11.1. The lowest BCUT2D eigenvalue weighted by Gasteiger charge is -2.18. The maximum Gasteiger partial charge on any atom is 0.246 e. The summed E-state index contributed by atoms with van der Waals surface area (Å²) in [5.41, 5.74) is 0.246. The van der Waals surface area contributed by atoms with Crippen molar-refractivity contribution in [1.29, 1.82) is 0 Å². The summed E-state index contributed by atoms with van der Waals surface area (Å²) >= 11 is 0. The first-order valence-electron chi connectivity index (χ1n) is 7.01. The summed E-state index contributed by atoms with van der Waals surface area (Å²) in [5.74, 6) is 0.643. The summed E-state index contributed by atoms with van der Waals surface area (Å²) in [6, 6.07) is 3.29. The molecule has 2 aromatic heterocycles. The predicted octanol–water partition coefficient (Wildman–Crippen LogP) is 0.625. The molecule has 2 heterocycles. The number of nitrogens with zero attached hydrogens (tertiary/aromatic N) is 2. The molecule has 134 valence electrons. The van der Waals surface area contributed by atoms with Gasteiger partial charge in [0, 0.05) is 13.1 Å². The van der Waals surface area contributed by atoms with E-state index in [1.165, 1.54) is 20.1 Å². The minimum absolute atomic E-state index is 0.0267. The monoisotopic (exact) mass is 377 g/mol. The highest BCUT2D eigenvalue weighted by Crippen LogP contribution is 2.18. The number of furan rings is 1. The summed E-state index contributed by atoms with van der Waals surface area (Å²) < 4.78 is 61.7. The molecule has 0 aliphatic heterocycles. The number of aryl methyl sites for hydroxylation is 2. The minimum Gasteiger partial charge on any atom is -0.468 e. The molecule has 0 spiro atoms. The summed E-state index contributed by atoms with van der Waals surface area (Å²) in [6.45, 7) is 2.90. The second-order valence-corrected chi connectivity index (χ2v) is 8.91. The molecule has 0 bridgehead atoms. The van der Waals surface area contributed by atoms with Gasteiger partial charge in [-0.25, -0.2) is 21.6 Å². The van der Waals surface area contributed by atoms with E-state index in [9.17, 15) is 16.8 Å². The van der Waals surface area contributed by atoms with E-state index in [2.05, 4.69) is 9.88 Å². The second-order valence-electron chi connectivity index (χ2n) is 5.23. The maximum atomic E-state index is 12.3. The van der Waals surface area contributed by atoms with E-state index in [-0.39, 0.29) is 36.0 Å². The molecule has 0 saturated heterocycles. The van der Waals surface area contributed by atoms with Crippen molar-refractivity contribution in [3.63, 3.8) is 0 Å². The van der Waals surface area contributed by atoms with Crippen LogP contribution < -0.4 is 4.72 Å². The number of sulfonamides is 2. The Hall–Kier alpha value is -1.69. The van der Waals surface area contributed by atoms with E-state index in [1.54, 1.807) is 12.1 Å². The van der Waals surface area contributed by atoms with Crippen molar-refractivity contribution in [3.05, 3.63) is 35.6 Å². The third-order valence-corrected chi connectivity index (χ3v) is 6.23. The molecule has 2 aromatic rings. The molecule has 0 atom stereocenters. The van der Waals surface area contributed by atoms with E-state index < -0.39 is 20.0 Å². The third-order valence-electron chi connectivity index (χ3n) is 3.27. The molecule has 2 rings (SSSR count). The van der Waals surface area contributed by atoms with Crippen molar-refractivity contribution in [1.82, 2.24) is 14.2 Å². The molecule has 0 unspecified atom stereocenters. The number of aromatic nitrogens is 1. The smallest absolute Gasteiger partial charge is 0.246 e. The zero-order valence-corrected chi connectivity index (χ0v) is 15.1. The van der Waals surface area contributed by atoms with Crippen LogP contribution in [0.4, 0.5) is 0 Å². The van der Waals surface area contributed by atoms with Crippen LogP contribution in [-0.2, 0) is 26.6 Å². The molecule has 11 heteroatoms. The van der Waals surface area contributed by atoms with Crippen LogP contribution in [0.1, 0.15) is 17.2 Å². The van der Waals surface area contributed by atoms with Gasteiger partial charge in [0.2, 0.25) is 20.0 Å².